The van der Waals surface area contributed by atoms with Crippen LogP contribution in [0.3, 0.4) is 0 Å². The van der Waals surface area contributed by atoms with E-state index in [0.29, 0.717) is 5.69 Å². The first-order valence-corrected chi connectivity index (χ1v) is 9.55. The zero-order valence-electron chi connectivity index (χ0n) is 15.5. The first-order valence-electron chi connectivity index (χ1n) is 9.55. The van der Waals surface area contributed by atoms with E-state index in [0.717, 1.165) is 49.4 Å². The summed E-state index contributed by atoms with van der Waals surface area (Å²) in [6.45, 7) is 5.84. The minimum Gasteiger partial charge on any atom is -0.372 e. The van der Waals surface area contributed by atoms with Crippen LogP contribution in [0.1, 0.15) is 39.5 Å². The van der Waals surface area contributed by atoms with E-state index in [4.69, 9.17) is 0 Å². The Labute approximate surface area is 154 Å². The molecular weight excluding hydrogens is 330 g/mol. The van der Waals surface area contributed by atoms with Crippen LogP contribution < -0.4 is 10.2 Å². The molecule has 1 N–H and O–H groups in total. The Morgan fingerprint density at radius 3 is 2.08 bits per heavy atom. The molecule has 2 atom stereocenters. The van der Waals surface area contributed by atoms with E-state index in [9.17, 15) is 14.4 Å². The molecule has 6 heteroatoms. The van der Waals surface area contributed by atoms with E-state index in [-0.39, 0.29) is 36.1 Å². The van der Waals surface area contributed by atoms with E-state index < -0.39 is 0 Å². The van der Waals surface area contributed by atoms with Gasteiger partial charge in [0.25, 0.3) is 0 Å². The summed E-state index contributed by atoms with van der Waals surface area (Å²) in [7, 11) is 0. The highest BCUT2D eigenvalue weighted by atomic mass is 16.2. The van der Waals surface area contributed by atoms with Crippen LogP contribution in [0.15, 0.2) is 24.3 Å². The van der Waals surface area contributed by atoms with Crippen molar-refractivity contribution in [3.8, 4) is 0 Å². The van der Waals surface area contributed by atoms with Crippen molar-refractivity contribution in [3.63, 3.8) is 0 Å². The van der Waals surface area contributed by atoms with Gasteiger partial charge < -0.3 is 10.2 Å². The molecule has 26 heavy (non-hydrogen) atoms. The van der Waals surface area contributed by atoms with Crippen molar-refractivity contribution in [2.45, 2.75) is 39.5 Å². The lowest BCUT2D eigenvalue weighted by Crippen LogP contribution is -2.38. The number of rotatable bonds is 6. The third kappa shape index (κ3) is 3.59. The second-order valence-electron chi connectivity index (χ2n) is 7.03. The monoisotopic (exact) mass is 357 g/mol. The molecule has 1 saturated carbocycles. The molecule has 6 nitrogen and oxygen atoms in total. The number of hydrogen-bond acceptors (Lipinski definition) is 4. The number of carbonyl (C=O) groups is 3. The number of imide groups is 1. The van der Waals surface area contributed by atoms with Crippen molar-refractivity contribution >= 4 is 29.1 Å². The van der Waals surface area contributed by atoms with E-state index in [1.165, 1.54) is 0 Å². The van der Waals surface area contributed by atoms with Crippen molar-refractivity contribution in [2.24, 2.45) is 11.8 Å². The van der Waals surface area contributed by atoms with E-state index in [2.05, 4.69) is 24.1 Å². The maximum Gasteiger partial charge on any atom is 0.244 e. The van der Waals surface area contributed by atoms with Gasteiger partial charge in [-0.25, -0.2) is 0 Å². The van der Waals surface area contributed by atoms with Gasteiger partial charge in [0.2, 0.25) is 17.7 Å². The molecule has 1 aromatic rings. The van der Waals surface area contributed by atoms with Crippen LogP contribution in [0.4, 0.5) is 11.4 Å². The lowest BCUT2D eigenvalue weighted by molar-refractivity contribution is -0.142. The van der Waals surface area contributed by atoms with Gasteiger partial charge in [0.05, 0.1) is 11.8 Å². The lowest BCUT2D eigenvalue weighted by atomic mass is 9.81. The summed E-state index contributed by atoms with van der Waals surface area (Å²) in [5, 5.41) is 2.79. The average molecular weight is 357 g/mol. The van der Waals surface area contributed by atoms with Crippen LogP contribution in [0.5, 0.6) is 0 Å². The van der Waals surface area contributed by atoms with Crippen LogP contribution in [-0.4, -0.2) is 42.3 Å². The lowest BCUT2D eigenvalue weighted by Gasteiger charge is -2.21. The molecule has 2 fully saturated rings. The Kier molecular flexibility index (Phi) is 5.59. The molecule has 1 aliphatic carbocycles. The zero-order valence-corrected chi connectivity index (χ0v) is 15.5. The maximum atomic E-state index is 12.4. The number of likely N-dealkylation sites (tertiary alicyclic amines) is 1. The highest BCUT2D eigenvalue weighted by Crippen LogP contribution is 2.37. The van der Waals surface area contributed by atoms with Crippen LogP contribution in [-0.2, 0) is 14.4 Å². The fraction of sp³-hybridized carbons (Fsp3) is 0.550. The predicted octanol–water partition coefficient (Wildman–Crippen LogP) is 2.65. The summed E-state index contributed by atoms with van der Waals surface area (Å²) >= 11 is 0. The Morgan fingerprint density at radius 2 is 1.58 bits per heavy atom. The summed E-state index contributed by atoms with van der Waals surface area (Å²) in [5.41, 5.74) is 1.77. The molecule has 0 radical (unpaired) electrons. The molecule has 0 spiro atoms. The first-order chi connectivity index (χ1) is 12.5. The van der Waals surface area contributed by atoms with Gasteiger partial charge in [-0.2, -0.15) is 0 Å². The standard InChI is InChI=1S/C20H27N3O3/c1-3-22(4-2)15-11-9-14(10-12-15)21-18(24)13-23-19(25)16-7-5-6-8-17(16)20(23)26/h9-12,16-17H,3-8,13H2,1-2H3,(H,21,24). The molecule has 0 bridgehead atoms. The number of fused-ring (bicyclic) bond motifs is 1. The predicted molar refractivity (Wildman–Crippen MR) is 101 cm³/mol. The number of hydrogen-bond donors (Lipinski definition) is 1. The summed E-state index contributed by atoms with van der Waals surface area (Å²) in [4.78, 5) is 40.6. The summed E-state index contributed by atoms with van der Waals surface area (Å²) in [5.74, 6) is -1.10. The molecule has 2 aliphatic rings. The van der Waals surface area contributed by atoms with Crippen molar-refractivity contribution in [1.82, 2.24) is 4.90 Å². The van der Waals surface area contributed by atoms with Gasteiger partial charge in [0.1, 0.15) is 6.54 Å². The molecule has 1 aliphatic heterocycles. The highest BCUT2D eigenvalue weighted by Gasteiger charge is 2.48. The van der Waals surface area contributed by atoms with Gasteiger partial charge in [0, 0.05) is 24.5 Å². The molecule has 140 valence electrons. The first kappa shape index (κ1) is 18.4. The number of amides is 3. The van der Waals surface area contributed by atoms with Gasteiger partial charge in [-0.3, -0.25) is 19.3 Å². The molecule has 1 aromatic carbocycles. The third-order valence-corrected chi connectivity index (χ3v) is 5.51. The van der Waals surface area contributed by atoms with Gasteiger partial charge in [-0.15, -0.1) is 0 Å². The van der Waals surface area contributed by atoms with Crippen LogP contribution >= 0.6 is 0 Å². The third-order valence-electron chi connectivity index (χ3n) is 5.51. The minimum atomic E-state index is -0.332. The highest BCUT2D eigenvalue weighted by molar-refractivity contribution is 6.08. The number of anilines is 2. The van der Waals surface area contributed by atoms with E-state index in [1.807, 2.05) is 24.3 Å². The topological polar surface area (TPSA) is 69.7 Å². The van der Waals surface area contributed by atoms with Gasteiger partial charge in [-0.05, 0) is 51.0 Å². The van der Waals surface area contributed by atoms with Crippen LogP contribution in [0, 0.1) is 11.8 Å². The fourth-order valence-electron chi connectivity index (χ4n) is 4.08. The number of carbonyl (C=O) groups excluding carboxylic acids is 3. The van der Waals surface area contributed by atoms with Crippen LogP contribution in [0.2, 0.25) is 0 Å². The number of nitrogens with one attached hydrogen (secondary N) is 1. The number of benzene rings is 1. The quantitative estimate of drug-likeness (QED) is 0.795. The Balaban J connectivity index is 1.60. The Bertz CT molecular complexity index is 658. The largest absolute Gasteiger partial charge is 0.372 e. The fourth-order valence-corrected chi connectivity index (χ4v) is 4.08. The number of nitrogens with zero attached hydrogens (tertiary/aromatic N) is 2. The minimum absolute atomic E-state index is 0.174. The average Bonchev–Trinajstić information content (AvgIpc) is 2.89. The molecule has 1 heterocycles. The van der Waals surface area contributed by atoms with Gasteiger partial charge >= 0.3 is 0 Å². The van der Waals surface area contributed by atoms with Gasteiger partial charge in [-0.1, -0.05) is 12.8 Å². The normalized spacial score (nSPS) is 22.3. The molecular formula is C20H27N3O3. The summed E-state index contributed by atoms with van der Waals surface area (Å²) in [6, 6.07) is 7.62. The van der Waals surface area contributed by atoms with Crippen molar-refractivity contribution in [1.29, 1.82) is 0 Å². The Morgan fingerprint density at radius 1 is 1.04 bits per heavy atom. The van der Waals surface area contributed by atoms with Gasteiger partial charge in [0.15, 0.2) is 0 Å². The second-order valence-corrected chi connectivity index (χ2v) is 7.03. The molecule has 3 rings (SSSR count). The van der Waals surface area contributed by atoms with Crippen molar-refractivity contribution < 1.29 is 14.4 Å². The summed E-state index contributed by atoms with van der Waals surface area (Å²) in [6.07, 6.45) is 3.50. The summed E-state index contributed by atoms with van der Waals surface area (Å²) < 4.78 is 0. The molecule has 0 aromatic heterocycles. The van der Waals surface area contributed by atoms with E-state index in [1.54, 1.807) is 0 Å². The zero-order chi connectivity index (χ0) is 18.7. The SMILES string of the molecule is CCN(CC)c1ccc(NC(=O)CN2C(=O)C3CCCCC3C2=O)cc1. The molecule has 2 unspecified atom stereocenters. The smallest absolute Gasteiger partial charge is 0.244 e. The van der Waals surface area contributed by atoms with Crippen molar-refractivity contribution in [2.75, 3.05) is 29.9 Å². The van der Waals surface area contributed by atoms with Crippen molar-refractivity contribution in [3.05, 3.63) is 24.3 Å². The van der Waals surface area contributed by atoms with Crippen LogP contribution in [0.25, 0.3) is 0 Å². The van der Waals surface area contributed by atoms with E-state index >= 15 is 0 Å². The Hall–Kier alpha value is -2.37. The maximum absolute atomic E-state index is 12.4. The molecule has 1 saturated heterocycles. The second kappa shape index (κ2) is 7.89. The molecule has 3 amide bonds.